The van der Waals surface area contributed by atoms with Gasteiger partial charge in [0.15, 0.2) is 18.9 Å². The molecule has 26 atom stereocenters. The Hall–Kier alpha value is -1.55. The minimum Gasteiger partial charge on any atom is -0.463 e. The molecule has 0 amide bonds. The first-order valence-corrected chi connectivity index (χ1v) is 25.5. The summed E-state index contributed by atoms with van der Waals surface area (Å²) in [5.74, 6) is -1.25. The van der Waals surface area contributed by atoms with Crippen molar-refractivity contribution in [3.8, 4) is 0 Å². The third-order valence-electron chi connectivity index (χ3n) is 19.5. The molecule has 3 saturated heterocycles. The molecule has 3 aliphatic heterocycles. The molecule has 0 aromatic rings. The first kappa shape index (κ1) is 57.2. The maximum atomic E-state index is 12.7. The lowest BCUT2D eigenvalue weighted by Gasteiger charge is -2.71. The van der Waals surface area contributed by atoms with Crippen molar-refractivity contribution in [1.29, 1.82) is 0 Å². The lowest BCUT2D eigenvalue weighted by atomic mass is 9.35. The van der Waals surface area contributed by atoms with Crippen molar-refractivity contribution in [3.05, 3.63) is 12.2 Å². The number of hydrogen-bond donors (Lipinski definition) is 12. The minimum atomic E-state index is -1.84. The van der Waals surface area contributed by atoms with E-state index in [2.05, 4.69) is 41.2 Å². The second kappa shape index (κ2) is 21.5. The normalized spacial score (nSPS) is 49.9. The smallest absolute Gasteiger partial charge is 0.302 e. The van der Waals surface area contributed by atoms with Gasteiger partial charge in [0.25, 0.3) is 0 Å². The third kappa shape index (κ3) is 10.0. The topological polar surface area (TPSA) is 334 Å². The number of esters is 1. The van der Waals surface area contributed by atoms with Crippen LogP contribution >= 0.6 is 0 Å². The number of aliphatic hydroxyl groups is 11. The van der Waals surface area contributed by atoms with Crippen LogP contribution in [0.2, 0.25) is 0 Å². The van der Waals surface area contributed by atoms with Crippen LogP contribution in [-0.2, 0) is 42.8 Å². The van der Waals surface area contributed by atoms with Crippen LogP contribution < -0.4 is 0 Å². The summed E-state index contributed by atoms with van der Waals surface area (Å²) in [4.78, 5) is 16.4. The van der Waals surface area contributed by atoms with Crippen molar-refractivity contribution in [2.75, 3.05) is 19.8 Å². The summed E-state index contributed by atoms with van der Waals surface area (Å²) < 4.78 is 42.4. The maximum Gasteiger partial charge on any atom is 0.302 e. The molecule has 0 spiro atoms. The summed E-state index contributed by atoms with van der Waals surface area (Å²) in [5.41, 5.74) is -2.22. The summed E-state index contributed by atoms with van der Waals surface area (Å²) in [6, 6.07) is 0. The predicted molar refractivity (Wildman–Crippen MR) is 246 cm³/mol. The highest BCUT2D eigenvalue weighted by atomic mass is 17.1. The molecule has 3 heterocycles. The van der Waals surface area contributed by atoms with E-state index in [-0.39, 0.29) is 47.3 Å². The molecule has 7 aliphatic rings. The molecule has 0 bridgehead atoms. The monoisotopic (exact) mass is 1020 g/mol. The largest absolute Gasteiger partial charge is 0.463 e. The van der Waals surface area contributed by atoms with E-state index >= 15 is 0 Å². The fourth-order valence-electron chi connectivity index (χ4n) is 15.2. The maximum absolute atomic E-state index is 12.7. The zero-order valence-electron chi connectivity index (χ0n) is 42.4. The van der Waals surface area contributed by atoms with Gasteiger partial charge in [0.2, 0.25) is 0 Å². The van der Waals surface area contributed by atoms with E-state index in [1.54, 1.807) is 6.92 Å². The van der Waals surface area contributed by atoms with E-state index in [0.29, 0.717) is 31.3 Å². The van der Waals surface area contributed by atoms with Crippen LogP contribution in [0.15, 0.2) is 12.2 Å². The standard InChI is InChI=1S/C50H84O21/c1-22(2)26(71-63)11-17-50(9,70-44-41(62)37(58)34(55)27(19-51)65-44)24-10-15-49(8)33(24)25(54)18-31-47(6)14-13-32(46(4,5)30(47)12-16-48(31,49)7)68-45-42(39(60)35(56)28(20-52)66-45)69-43-40(61)38(59)36(57)29(67-43)21-64-23(3)53/h24-45,51-52,54-63H,1,10-21H2,2-9H3/t24-,25+,26?,27+,28+,29+,30-,31+,32-,33-,34+,35+,36+,37-,38-,39-,40+,41+,42+,43-,44-,45-,47-,48+,49+,50-/m0/s1. The highest BCUT2D eigenvalue weighted by Crippen LogP contribution is 2.76. The van der Waals surface area contributed by atoms with E-state index in [0.717, 1.165) is 26.2 Å². The molecule has 21 nitrogen and oxygen atoms in total. The van der Waals surface area contributed by atoms with E-state index in [9.17, 15) is 66.2 Å². The van der Waals surface area contributed by atoms with Gasteiger partial charge < -0.3 is 89.3 Å². The highest BCUT2D eigenvalue weighted by molar-refractivity contribution is 5.65. The second-order valence-corrected chi connectivity index (χ2v) is 23.7. The number of ether oxygens (including phenoxy) is 7. The van der Waals surface area contributed by atoms with Crippen LogP contribution in [0.3, 0.4) is 0 Å². The van der Waals surface area contributed by atoms with Gasteiger partial charge in [0.1, 0.15) is 86.0 Å². The first-order valence-electron chi connectivity index (χ1n) is 25.5. The number of fused-ring (bicyclic) bond motifs is 5. The molecule has 0 aromatic heterocycles. The number of rotatable bonds is 16. The Bertz CT molecular complexity index is 1840. The van der Waals surface area contributed by atoms with Gasteiger partial charge in [-0.2, -0.15) is 0 Å². The van der Waals surface area contributed by atoms with Crippen molar-refractivity contribution >= 4 is 5.97 Å². The van der Waals surface area contributed by atoms with Crippen LogP contribution in [0, 0.1) is 45.3 Å². The Labute approximate surface area is 415 Å². The molecule has 7 fully saturated rings. The summed E-state index contributed by atoms with van der Waals surface area (Å²) in [5, 5.41) is 130. The van der Waals surface area contributed by atoms with Gasteiger partial charge in [-0.25, -0.2) is 4.89 Å². The minimum absolute atomic E-state index is 0.0292. The number of aliphatic hydroxyl groups excluding tert-OH is 11. The van der Waals surface area contributed by atoms with E-state index in [1.807, 2.05) is 6.92 Å². The first-order chi connectivity index (χ1) is 33.1. The zero-order chi connectivity index (χ0) is 52.5. The fraction of sp³-hybridized carbons (Fsp3) is 0.940. The lowest BCUT2D eigenvalue weighted by Crippen LogP contribution is -2.68. The fourth-order valence-corrected chi connectivity index (χ4v) is 15.2. The van der Waals surface area contributed by atoms with Gasteiger partial charge in [-0.15, -0.1) is 0 Å². The van der Waals surface area contributed by atoms with Crippen LogP contribution in [0.5, 0.6) is 0 Å². The van der Waals surface area contributed by atoms with Crippen molar-refractivity contribution < 1.29 is 104 Å². The lowest BCUT2D eigenvalue weighted by molar-refractivity contribution is -0.378. The summed E-state index contributed by atoms with van der Waals surface area (Å²) in [7, 11) is 0. The van der Waals surface area contributed by atoms with Crippen LogP contribution in [0.1, 0.15) is 113 Å². The third-order valence-corrected chi connectivity index (χ3v) is 19.5. The van der Waals surface area contributed by atoms with Gasteiger partial charge >= 0.3 is 5.97 Å². The van der Waals surface area contributed by atoms with Crippen molar-refractivity contribution in [1.82, 2.24) is 0 Å². The average Bonchev–Trinajstić information content (AvgIpc) is 3.70. The Kier molecular flexibility index (Phi) is 17.3. The molecular weight excluding hydrogens is 937 g/mol. The molecule has 71 heavy (non-hydrogen) atoms. The highest BCUT2D eigenvalue weighted by Gasteiger charge is 2.72. The zero-order valence-corrected chi connectivity index (χ0v) is 42.4. The molecule has 1 unspecified atom stereocenters. The molecule has 4 aliphatic carbocycles. The Morgan fingerprint density at radius 3 is 1.85 bits per heavy atom. The van der Waals surface area contributed by atoms with Crippen molar-refractivity contribution in [3.63, 3.8) is 0 Å². The second-order valence-electron chi connectivity index (χ2n) is 23.7. The predicted octanol–water partition coefficient (Wildman–Crippen LogP) is 0.0121. The molecular formula is C50H84O21. The number of hydrogen-bond acceptors (Lipinski definition) is 21. The quantitative estimate of drug-likeness (QED) is 0.0319. The Balaban J connectivity index is 1.13. The van der Waals surface area contributed by atoms with Gasteiger partial charge in [-0.1, -0.05) is 41.2 Å². The van der Waals surface area contributed by atoms with Crippen molar-refractivity contribution in [2.45, 2.75) is 229 Å². The molecule has 21 heteroatoms. The molecule has 4 saturated carbocycles. The Morgan fingerprint density at radius 1 is 0.690 bits per heavy atom. The summed E-state index contributed by atoms with van der Waals surface area (Å²) in [6.45, 7) is 18.1. The average molecular weight is 1020 g/mol. The molecule has 7 rings (SSSR count). The van der Waals surface area contributed by atoms with Crippen molar-refractivity contribution in [2.24, 2.45) is 45.3 Å². The van der Waals surface area contributed by atoms with Crippen LogP contribution in [0.25, 0.3) is 0 Å². The summed E-state index contributed by atoms with van der Waals surface area (Å²) >= 11 is 0. The molecule has 0 aromatic carbocycles. The van der Waals surface area contributed by atoms with Gasteiger partial charge in [0, 0.05) is 6.92 Å². The van der Waals surface area contributed by atoms with Gasteiger partial charge in [-0.3, -0.25) is 10.1 Å². The molecule has 410 valence electrons. The van der Waals surface area contributed by atoms with Crippen LogP contribution in [-0.4, -0.2) is 203 Å². The number of carbonyl (C=O) groups excluding carboxylic acids is 1. The van der Waals surface area contributed by atoms with Crippen LogP contribution in [0.4, 0.5) is 0 Å². The van der Waals surface area contributed by atoms with E-state index in [1.165, 1.54) is 0 Å². The van der Waals surface area contributed by atoms with E-state index < -0.39 is 153 Å². The van der Waals surface area contributed by atoms with Gasteiger partial charge in [-0.05, 0) is 123 Å². The molecule has 0 radical (unpaired) electrons. The Morgan fingerprint density at radius 2 is 1.25 bits per heavy atom. The summed E-state index contributed by atoms with van der Waals surface area (Å²) in [6.07, 6.45) is -20.5. The van der Waals surface area contributed by atoms with Gasteiger partial charge in [0.05, 0.1) is 31.0 Å². The van der Waals surface area contributed by atoms with E-state index in [4.69, 9.17) is 38.0 Å². The number of carbonyl (C=O) groups is 1. The SMILES string of the molecule is C=C(C)C(CC[C@](C)(O[C@@H]1O[C@H](CO)[C@@H](O)[C@H](O)[C@H]1O)[C@H]1CC[C@]2(C)[C@@H]1[C@H](O)C[C@@H]1[C@@]3(C)CC[C@H](O[C@@H]4O[C@H](CO)[C@@H](O)[C@H](O)[C@H]4O[C@@H]4O[C@H](COC(C)=O)[C@@H](O)[C@H](O)[C@H]4O)C(C)(C)[C@@H]3CC[C@]12C)OO. The molecule has 12 N–H and O–H groups in total.